The van der Waals surface area contributed by atoms with E-state index in [9.17, 15) is 0 Å². The van der Waals surface area contributed by atoms with E-state index in [2.05, 4.69) is 15.9 Å². The Kier molecular flexibility index (Phi) is 10.2. The van der Waals surface area contributed by atoms with E-state index in [0.717, 1.165) is 61.4 Å². The maximum Gasteiger partial charge on any atom is 0.414 e. The van der Waals surface area contributed by atoms with E-state index in [4.69, 9.17) is 45.6 Å². The third-order valence-electron chi connectivity index (χ3n) is 5.18. The molecule has 0 unspecified atom stereocenters. The van der Waals surface area contributed by atoms with Crippen LogP contribution in [0.3, 0.4) is 0 Å². The van der Waals surface area contributed by atoms with Gasteiger partial charge in [0.2, 0.25) is 0 Å². The van der Waals surface area contributed by atoms with Gasteiger partial charge in [0.1, 0.15) is 5.75 Å². The molecule has 2 aromatic carbocycles. The van der Waals surface area contributed by atoms with E-state index in [0.29, 0.717) is 5.75 Å². The molecular formula is C23H29ClN2O7. The zero-order valence-electron chi connectivity index (χ0n) is 18.9. The number of nitrogens with zero attached hydrogens (tertiary/aromatic N) is 2. The molecule has 1 aliphatic heterocycles. The molecule has 0 amide bonds. The Labute approximate surface area is 198 Å². The van der Waals surface area contributed by atoms with Gasteiger partial charge in [0.15, 0.2) is 11.5 Å². The second-order valence-corrected chi connectivity index (χ2v) is 7.68. The lowest BCUT2D eigenvalue weighted by atomic mass is 10.1. The van der Waals surface area contributed by atoms with Crippen LogP contribution in [0.4, 0.5) is 0 Å². The Balaban J connectivity index is 0.000000569. The summed E-state index contributed by atoms with van der Waals surface area (Å²) in [6, 6.07) is 12.0. The fraction of sp³-hybridized carbons (Fsp3) is 0.391. The van der Waals surface area contributed by atoms with Crippen LogP contribution in [0.25, 0.3) is 0 Å². The Hall–Kier alpha value is -3.01. The van der Waals surface area contributed by atoms with Gasteiger partial charge in [-0.1, -0.05) is 29.8 Å². The van der Waals surface area contributed by atoms with Crippen LogP contribution in [0.1, 0.15) is 11.1 Å². The van der Waals surface area contributed by atoms with Crippen molar-refractivity contribution in [2.75, 3.05) is 47.5 Å². The molecule has 0 radical (unpaired) electrons. The molecule has 2 aromatic rings. The summed E-state index contributed by atoms with van der Waals surface area (Å²) in [5, 5.41) is 15.6. The zero-order chi connectivity index (χ0) is 24.4. The highest BCUT2D eigenvalue weighted by Gasteiger charge is 2.20. The number of hydrogen-bond acceptors (Lipinski definition) is 7. The van der Waals surface area contributed by atoms with E-state index in [1.54, 1.807) is 21.3 Å². The molecule has 0 spiro atoms. The first-order valence-electron chi connectivity index (χ1n) is 10.2. The average Bonchev–Trinajstić information content (AvgIpc) is 2.81. The molecule has 180 valence electrons. The van der Waals surface area contributed by atoms with E-state index in [1.807, 2.05) is 30.3 Å². The lowest BCUT2D eigenvalue weighted by Crippen LogP contribution is -2.45. The second-order valence-electron chi connectivity index (χ2n) is 7.27. The first-order valence-corrected chi connectivity index (χ1v) is 10.6. The molecule has 0 atom stereocenters. The molecular weight excluding hydrogens is 452 g/mol. The Bertz CT molecular complexity index is 934. The summed E-state index contributed by atoms with van der Waals surface area (Å²) < 4.78 is 16.4. The van der Waals surface area contributed by atoms with Gasteiger partial charge in [0.25, 0.3) is 0 Å². The van der Waals surface area contributed by atoms with Gasteiger partial charge < -0.3 is 24.4 Å². The minimum Gasteiger partial charge on any atom is -0.496 e. The summed E-state index contributed by atoms with van der Waals surface area (Å²) in [5.41, 5.74) is 2.30. The lowest BCUT2D eigenvalue weighted by molar-refractivity contribution is -0.159. The van der Waals surface area contributed by atoms with Crippen LogP contribution < -0.4 is 14.2 Å². The molecule has 3 rings (SSSR count). The number of benzene rings is 2. The molecule has 1 heterocycles. The molecule has 0 aromatic heterocycles. The number of aliphatic carboxylic acids is 2. The van der Waals surface area contributed by atoms with Crippen LogP contribution >= 0.6 is 11.6 Å². The minimum atomic E-state index is -1.82. The van der Waals surface area contributed by atoms with Gasteiger partial charge in [-0.3, -0.25) is 9.80 Å². The molecule has 33 heavy (non-hydrogen) atoms. The summed E-state index contributed by atoms with van der Waals surface area (Å²) in [5.74, 6) is -1.41. The molecule has 10 heteroatoms. The summed E-state index contributed by atoms with van der Waals surface area (Å²) in [7, 11) is 4.98. The van der Waals surface area contributed by atoms with Crippen molar-refractivity contribution in [1.82, 2.24) is 9.80 Å². The van der Waals surface area contributed by atoms with Gasteiger partial charge in [-0.2, -0.15) is 0 Å². The number of piperazine rings is 1. The smallest absolute Gasteiger partial charge is 0.414 e. The fourth-order valence-corrected chi connectivity index (χ4v) is 3.63. The standard InChI is InChI=1S/C21H27ClN2O3.C2H2O4/c1-25-19-13-21(27-3)20(26-2)12-17(19)15-24-10-8-23(9-11-24)14-16-6-4-5-7-18(16)22;3-1(4)2(5)6/h4-7,12-13H,8-11,14-15H2,1-3H3;(H,3,4)(H,5,6). The summed E-state index contributed by atoms with van der Waals surface area (Å²) >= 11 is 6.29. The SMILES string of the molecule is COc1cc(OC)c(OC)cc1CN1CCN(Cc2ccccc2Cl)CC1.O=C(O)C(=O)O. The van der Waals surface area contributed by atoms with Gasteiger partial charge in [-0.15, -0.1) is 0 Å². The number of carbonyl (C=O) groups is 2. The van der Waals surface area contributed by atoms with Crippen molar-refractivity contribution in [2.45, 2.75) is 13.1 Å². The summed E-state index contributed by atoms with van der Waals surface area (Å²) in [6.07, 6.45) is 0. The van der Waals surface area contributed by atoms with Gasteiger partial charge in [0, 0.05) is 55.9 Å². The van der Waals surface area contributed by atoms with Crippen LogP contribution in [0.2, 0.25) is 5.02 Å². The van der Waals surface area contributed by atoms with E-state index >= 15 is 0 Å². The predicted octanol–water partition coefficient (Wildman–Crippen LogP) is 2.84. The van der Waals surface area contributed by atoms with Gasteiger partial charge in [0.05, 0.1) is 21.3 Å². The first kappa shape index (κ1) is 26.2. The van der Waals surface area contributed by atoms with Crippen LogP contribution in [-0.4, -0.2) is 79.5 Å². The van der Waals surface area contributed by atoms with Crippen molar-refractivity contribution in [3.05, 3.63) is 52.5 Å². The molecule has 0 bridgehead atoms. The fourth-order valence-electron chi connectivity index (χ4n) is 3.43. The number of rotatable bonds is 7. The van der Waals surface area contributed by atoms with Crippen LogP contribution in [-0.2, 0) is 22.7 Å². The molecule has 2 N–H and O–H groups in total. The van der Waals surface area contributed by atoms with Crippen molar-refractivity contribution < 1.29 is 34.0 Å². The number of carboxylic acids is 2. The number of carboxylic acid groups (broad SMARTS) is 2. The summed E-state index contributed by atoms with van der Waals surface area (Å²) in [6.45, 7) is 5.75. The average molecular weight is 481 g/mol. The minimum absolute atomic E-state index is 0.683. The van der Waals surface area contributed by atoms with Crippen molar-refractivity contribution >= 4 is 23.5 Å². The highest BCUT2D eigenvalue weighted by atomic mass is 35.5. The molecule has 1 fully saturated rings. The van der Waals surface area contributed by atoms with Crippen LogP contribution in [0.5, 0.6) is 17.2 Å². The quantitative estimate of drug-likeness (QED) is 0.578. The van der Waals surface area contributed by atoms with Gasteiger partial charge >= 0.3 is 11.9 Å². The molecule has 1 aliphatic rings. The Morgan fingerprint density at radius 1 is 0.788 bits per heavy atom. The largest absolute Gasteiger partial charge is 0.496 e. The monoisotopic (exact) mass is 480 g/mol. The molecule has 0 saturated carbocycles. The third kappa shape index (κ3) is 7.81. The Morgan fingerprint density at radius 3 is 1.70 bits per heavy atom. The van der Waals surface area contributed by atoms with Crippen molar-refractivity contribution in [2.24, 2.45) is 0 Å². The topological polar surface area (TPSA) is 109 Å². The molecule has 0 aliphatic carbocycles. The predicted molar refractivity (Wildman–Crippen MR) is 123 cm³/mol. The van der Waals surface area contributed by atoms with Gasteiger partial charge in [-0.05, 0) is 17.7 Å². The summed E-state index contributed by atoms with van der Waals surface area (Å²) in [4.78, 5) is 23.1. The van der Waals surface area contributed by atoms with E-state index in [1.165, 1.54) is 5.56 Å². The van der Waals surface area contributed by atoms with E-state index < -0.39 is 11.9 Å². The van der Waals surface area contributed by atoms with Gasteiger partial charge in [-0.25, -0.2) is 9.59 Å². The molecule has 1 saturated heterocycles. The van der Waals surface area contributed by atoms with Crippen molar-refractivity contribution in [3.63, 3.8) is 0 Å². The number of ether oxygens (including phenoxy) is 3. The Morgan fingerprint density at radius 2 is 1.24 bits per heavy atom. The zero-order valence-corrected chi connectivity index (χ0v) is 19.7. The van der Waals surface area contributed by atoms with Crippen LogP contribution in [0, 0.1) is 0 Å². The number of hydrogen-bond donors (Lipinski definition) is 2. The highest BCUT2D eigenvalue weighted by molar-refractivity contribution is 6.31. The second kappa shape index (κ2) is 12.9. The number of halogens is 1. The normalized spacial score (nSPS) is 14.1. The van der Waals surface area contributed by atoms with E-state index in [-0.39, 0.29) is 0 Å². The maximum absolute atomic E-state index is 9.10. The third-order valence-corrected chi connectivity index (χ3v) is 5.55. The highest BCUT2D eigenvalue weighted by Crippen LogP contribution is 2.35. The van der Waals surface area contributed by atoms with Crippen LogP contribution in [0.15, 0.2) is 36.4 Å². The lowest BCUT2D eigenvalue weighted by Gasteiger charge is -2.35. The number of methoxy groups -OCH3 is 3. The molecule has 9 nitrogen and oxygen atoms in total. The maximum atomic E-state index is 9.10. The van der Waals surface area contributed by atoms with Crippen molar-refractivity contribution in [3.8, 4) is 17.2 Å². The first-order chi connectivity index (χ1) is 15.8. The van der Waals surface area contributed by atoms with Crippen molar-refractivity contribution in [1.29, 1.82) is 0 Å².